The number of ether oxygens (including phenoxy) is 1. The molecule has 0 amide bonds. The van der Waals surface area contributed by atoms with E-state index in [2.05, 4.69) is 11.8 Å². The topological polar surface area (TPSA) is 38.5 Å². The first-order chi connectivity index (χ1) is 8.15. The van der Waals surface area contributed by atoms with Crippen molar-refractivity contribution in [3.05, 3.63) is 29.6 Å². The van der Waals surface area contributed by atoms with E-state index in [0.717, 1.165) is 38.2 Å². The number of nitrogens with zero attached hydrogens (tertiary/aromatic N) is 1. The molecule has 2 rings (SSSR count). The molecule has 1 aromatic rings. The zero-order valence-electron chi connectivity index (χ0n) is 10.2. The Morgan fingerprint density at radius 1 is 1.53 bits per heavy atom. The summed E-state index contributed by atoms with van der Waals surface area (Å²) in [5.74, 6) is -0.332. The van der Waals surface area contributed by atoms with Crippen molar-refractivity contribution in [3.8, 4) is 0 Å². The van der Waals surface area contributed by atoms with Crippen LogP contribution in [-0.2, 0) is 11.3 Å². The number of hydrogen-bond acceptors (Lipinski definition) is 3. The van der Waals surface area contributed by atoms with Gasteiger partial charge in [-0.05, 0) is 31.0 Å². The molecule has 0 saturated carbocycles. The molecule has 0 radical (unpaired) electrons. The lowest BCUT2D eigenvalue weighted by atomic mass is 10.1. The maximum Gasteiger partial charge on any atom is 0.146 e. The molecule has 4 heteroatoms. The number of nitrogen functional groups attached to an aromatic ring is 1. The smallest absolute Gasteiger partial charge is 0.146 e. The van der Waals surface area contributed by atoms with E-state index < -0.39 is 0 Å². The van der Waals surface area contributed by atoms with Gasteiger partial charge < -0.3 is 10.5 Å². The highest BCUT2D eigenvalue weighted by Crippen LogP contribution is 2.15. The quantitative estimate of drug-likeness (QED) is 0.801. The molecule has 1 heterocycles. The lowest BCUT2D eigenvalue weighted by molar-refractivity contribution is 0.0668. The second kappa shape index (κ2) is 5.47. The van der Waals surface area contributed by atoms with Crippen LogP contribution in [0.3, 0.4) is 0 Å². The van der Waals surface area contributed by atoms with Crippen LogP contribution < -0.4 is 5.73 Å². The maximum absolute atomic E-state index is 13.3. The molecule has 1 aliphatic rings. The van der Waals surface area contributed by atoms with E-state index in [9.17, 15) is 4.39 Å². The van der Waals surface area contributed by atoms with E-state index in [1.54, 1.807) is 6.07 Å². The fraction of sp³-hybridized carbons (Fsp3) is 0.538. The zero-order chi connectivity index (χ0) is 12.3. The molecule has 2 N–H and O–H groups in total. The van der Waals surface area contributed by atoms with Crippen LogP contribution in [0.4, 0.5) is 10.1 Å². The molecule has 94 valence electrons. The minimum Gasteiger partial charge on any atom is -0.396 e. The molecule has 1 aliphatic heterocycles. The van der Waals surface area contributed by atoms with Crippen LogP contribution in [0.1, 0.15) is 18.9 Å². The summed E-state index contributed by atoms with van der Waals surface area (Å²) in [6, 6.07) is 5.03. The van der Waals surface area contributed by atoms with Gasteiger partial charge in [0.2, 0.25) is 0 Å². The normalized spacial score (nSPS) is 22.4. The lowest BCUT2D eigenvalue weighted by Crippen LogP contribution is -2.29. The molecule has 1 unspecified atom stereocenters. The molecular weight excluding hydrogens is 219 g/mol. The Morgan fingerprint density at radius 2 is 2.35 bits per heavy atom. The fourth-order valence-electron chi connectivity index (χ4n) is 2.15. The maximum atomic E-state index is 13.3. The first-order valence-corrected chi connectivity index (χ1v) is 6.03. The third kappa shape index (κ3) is 3.41. The van der Waals surface area contributed by atoms with Crippen molar-refractivity contribution in [3.63, 3.8) is 0 Å². The van der Waals surface area contributed by atoms with Crippen molar-refractivity contribution >= 4 is 5.69 Å². The second-order valence-corrected chi connectivity index (χ2v) is 4.63. The van der Waals surface area contributed by atoms with Crippen molar-refractivity contribution in [1.29, 1.82) is 0 Å². The average Bonchev–Trinajstić information content (AvgIpc) is 2.48. The van der Waals surface area contributed by atoms with Crippen LogP contribution in [0.25, 0.3) is 0 Å². The number of halogens is 1. The number of rotatable bonds is 2. The van der Waals surface area contributed by atoms with Crippen molar-refractivity contribution < 1.29 is 9.13 Å². The standard InChI is InChI=1S/C13H19FN2O/c1-10-8-16(5-2-6-17-10)9-11-3-4-13(15)12(14)7-11/h3-4,7,10H,2,5-6,8-9,15H2,1H3. The first kappa shape index (κ1) is 12.3. The Balaban J connectivity index is 2.01. The van der Waals surface area contributed by atoms with Gasteiger partial charge in [-0.25, -0.2) is 4.39 Å². The molecule has 0 aliphatic carbocycles. The third-order valence-electron chi connectivity index (χ3n) is 3.01. The van der Waals surface area contributed by atoms with E-state index in [1.165, 1.54) is 6.07 Å². The van der Waals surface area contributed by atoms with Crippen LogP contribution >= 0.6 is 0 Å². The van der Waals surface area contributed by atoms with Gasteiger partial charge in [-0.1, -0.05) is 6.07 Å². The van der Waals surface area contributed by atoms with E-state index in [0.29, 0.717) is 0 Å². The van der Waals surface area contributed by atoms with Crippen LogP contribution in [0.5, 0.6) is 0 Å². The van der Waals surface area contributed by atoms with Crippen LogP contribution in [0.15, 0.2) is 18.2 Å². The van der Waals surface area contributed by atoms with E-state index in [1.807, 2.05) is 6.07 Å². The van der Waals surface area contributed by atoms with Gasteiger partial charge in [-0.3, -0.25) is 4.90 Å². The number of nitrogens with two attached hydrogens (primary N) is 1. The summed E-state index contributed by atoms with van der Waals surface area (Å²) in [4.78, 5) is 2.29. The summed E-state index contributed by atoms with van der Waals surface area (Å²) in [7, 11) is 0. The van der Waals surface area contributed by atoms with Crippen LogP contribution in [0, 0.1) is 5.82 Å². The molecule has 1 saturated heterocycles. The lowest BCUT2D eigenvalue weighted by Gasteiger charge is -2.21. The second-order valence-electron chi connectivity index (χ2n) is 4.63. The minimum atomic E-state index is -0.332. The monoisotopic (exact) mass is 238 g/mol. The predicted molar refractivity (Wildman–Crippen MR) is 66.1 cm³/mol. The molecule has 1 aromatic carbocycles. The molecule has 1 fully saturated rings. The summed E-state index contributed by atoms with van der Waals surface area (Å²) < 4.78 is 18.9. The van der Waals surface area contributed by atoms with Crippen molar-refractivity contribution in [2.24, 2.45) is 0 Å². The first-order valence-electron chi connectivity index (χ1n) is 6.03. The molecule has 0 bridgehead atoms. The summed E-state index contributed by atoms with van der Waals surface area (Å²) in [5, 5.41) is 0. The SMILES string of the molecule is CC1CN(Cc2ccc(N)c(F)c2)CCCO1. The summed E-state index contributed by atoms with van der Waals surface area (Å²) >= 11 is 0. The average molecular weight is 238 g/mol. The Bertz CT molecular complexity index is 384. The van der Waals surface area contributed by atoms with Gasteiger partial charge in [0.25, 0.3) is 0 Å². The molecule has 1 atom stereocenters. The van der Waals surface area contributed by atoms with Gasteiger partial charge in [0, 0.05) is 26.2 Å². The Morgan fingerprint density at radius 3 is 3.12 bits per heavy atom. The van der Waals surface area contributed by atoms with Gasteiger partial charge in [-0.2, -0.15) is 0 Å². The minimum absolute atomic E-state index is 0.210. The Labute approximate surface area is 101 Å². The number of anilines is 1. The van der Waals surface area contributed by atoms with Crippen LogP contribution in [-0.4, -0.2) is 30.7 Å². The highest BCUT2D eigenvalue weighted by atomic mass is 19.1. The van der Waals surface area contributed by atoms with E-state index >= 15 is 0 Å². The highest BCUT2D eigenvalue weighted by Gasteiger charge is 2.15. The van der Waals surface area contributed by atoms with Gasteiger partial charge in [0.05, 0.1) is 11.8 Å². The van der Waals surface area contributed by atoms with Gasteiger partial charge in [0.1, 0.15) is 5.82 Å². The number of benzene rings is 1. The van der Waals surface area contributed by atoms with E-state index in [4.69, 9.17) is 10.5 Å². The fourth-order valence-corrected chi connectivity index (χ4v) is 2.15. The largest absolute Gasteiger partial charge is 0.396 e. The summed E-state index contributed by atoms with van der Waals surface area (Å²) in [6.45, 7) is 5.53. The van der Waals surface area contributed by atoms with Gasteiger partial charge in [0.15, 0.2) is 0 Å². The van der Waals surface area contributed by atoms with Crippen molar-refractivity contribution in [2.75, 3.05) is 25.4 Å². The van der Waals surface area contributed by atoms with Crippen molar-refractivity contribution in [1.82, 2.24) is 4.90 Å². The molecule has 0 aromatic heterocycles. The highest BCUT2D eigenvalue weighted by molar-refractivity contribution is 5.41. The zero-order valence-corrected chi connectivity index (χ0v) is 10.2. The Hall–Kier alpha value is -1.13. The summed E-state index contributed by atoms with van der Waals surface area (Å²) in [6.07, 6.45) is 1.28. The van der Waals surface area contributed by atoms with Gasteiger partial charge >= 0.3 is 0 Å². The van der Waals surface area contributed by atoms with Crippen LogP contribution in [0.2, 0.25) is 0 Å². The Kier molecular flexibility index (Phi) is 3.97. The number of hydrogen-bond donors (Lipinski definition) is 1. The predicted octanol–water partition coefficient (Wildman–Crippen LogP) is 2.02. The third-order valence-corrected chi connectivity index (χ3v) is 3.01. The van der Waals surface area contributed by atoms with Gasteiger partial charge in [-0.15, -0.1) is 0 Å². The van der Waals surface area contributed by atoms with E-state index in [-0.39, 0.29) is 17.6 Å². The molecule has 0 spiro atoms. The molecule has 3 nitrogen and oxygen atoms in total. The molecular formula is C13H19FN2O. The van der Waals surface area contributed by atoms with Crippen molar-refractivity contribution in [2.45, 2.75) is 26.0 Å². The summed E-state index contributed by atoms with van der Waals surface area (Å²) in [5.41, 5.74) is 6.63. The molecule has 17 heavy (non-hydrogen) atoms.